The molecule has 0 radical (unpaired) electrons. The lowest BCUT2D eigenvalue weighted by atomic mass is 10.1. The number of nitrogens with one attached hydrogen (secondary N) is 3. The molecule has 1 aliphatic rings. The number of hydrogen-bond donors (Lipinski definition) is 4. The maximum atomic E-state index is 11.9. The monoisotopic (exact) mass is 411 g/mol. The third-order valence-corrected chi connectivity index (χ3v) is 5.00. The lowest BCUT2D eigenvalue weighted by Crippen LogP contribution is -2.46. The number of halogens is 2. The summed E-state index contributed by atoms with van der Waals surface area (Å²) in [6.45, 7) is 3.28. The van der Waals surface area contributed by atoms with Crippen LogP contribution in [0, 0.1) is 5.92 Å². The lowest BCUT2D eigenvalue weighted by Gasteiger charge is -2.17. The number of β-amino-alcohol motifs (C(OH)–C–C–N with tert-alkyl or cyclic N) is 1. The number of thiophene rings is 1. The van der Waals surface area contributed by atoms with Gasteiger partial charge in [0.2, 0.25) is 5.91 Å². The minimum Gasteiger partial charge on any atom is -0.391 e. The first kappa shape index (κ1) is 19.4. The van der Waals surface area contributed by atoms with Crippen LogP contribution in [-0.2, 0) is 4.79 Å². The first-order chi connectivity index (χ1) is 9.97. The third-order valence-electron chi connectivity index (χ3n) is 3.38. The zero-order chi connectivity index (χ0) is 15.4. The number of carbonyl (C=O) groups excluding carboxylic acids is 2. The summed E-state index contributed by atoms with van der Waals surface area (Å²) in [5.41, 5.74) is 0. The van der Waals surface area contributed by atoms with Crippen molar-refractivity contribution in [3.63, 3.8) is 0 Å². The fraction of sp³-hybridized carbons (Fsp3) is 0.538. The first-order valence-corrected chi connectivity index (χ1v) is 8.31. The summed E-state index contributed by atoms with van der Waals surface area (Å²) in [5.74, 6) is -0.501. The predicted octanol–water partition coefficient (Wildman–Crippen LogP) is 0.747. The van der Waals surface area contributed by atoms with Gasteiger partial charge in [-0.1, -0.05) is 0 Å². The molecule has 1 fully saturated rings. The van der Waals surface area contributed by atoms with Crippen molar-refractivity contribution in [3.05, 3.63) is 20.8 Å². The molecule has 22 heavy (non-hydrogen) atoms. The van der Waals surface area contributed by atoms with E-state index in [-0.39, 0.29) is 30.1 Å². The first-order valence-electron chi connectivity index (χ1n) is 6.70. The van der Waals surface area contributed by atoms with Crippen LogP contribution in [0.3, 0.4) is 0 Å². The van der Waals surface area contributed by atoms with Crippen LogP contribution >= 0.6 is 39.7 Å². The highest BCUT2D eigenvalue weighted by Crippen LogP contribution is 2.21. The highest BCUT2D eigenvalue weighted by molar-refractivity contribution is 9.11. The minimum absolute atomic E-state index is 0. The van der Waals surface area contributed by atoms with Gasteiger partial charge in [0.1, 0.15) is 6.04 Å². The average molecular weight is 413 g/mol. The zero-order valence-corrected chi connectivity index (χ0v) is 15.2. The molecule has 0 bridgehead atoms. The molecule has 1 aliphatic heterocycles. The van der Waals surface area contributed by atoms with Gasteiger partial charge in [0.15, 0.2) is 0 Å². The van der Waals surface area contributed by atoms with Gasteiger partial charge < -0.3 is 21.1 Å². The molecule has 3 atom stereocenters. The van der Waals surface area contributed by atoms with E-state index in [1.807, 2.05) is 0 Å². The summed E-state index contributed by atoms with van der Waals surface area (Å²) >= 11 is 4.61. The van der Waals surface area contributed by atoms with E-state index in [1.165, 1.54) is 11.3 Å². The van der Waals surface area contributed by atoms with Gasteiger partial charge >= 0.3 is 0 Å². The van der Waals surface area contributed by atoms with E-state index in [0.717, 1.165) is 3.79 Å². The highest BCUT2D eigenvalue weighted by atomic mass is 79.9. The average Bonchev–Trinajstić information content (AvgIpc) is 3.04. The molecule has 0 aliphatic carbocycles. The van der Waals surface area contributed by atoms with Gasteiger partial charge in [-0.2, -0.15) is 0 Å². The van der Waals surface area contributed by atoms with Crippen LogP contribution in [0.25, 0.3) is 0 Å². The maximum Gasteiger partial charge on any atom is 0.262 e. The number of carbonyl (C=O) groups is 2. The minimum atomic E-state index is -0.620. The molecule has 4 N–H and O–H groups in total. The van der Waals surface area contributed by atoms with Crippen LogP contribution < -0.4 is 16.0 Å². The van der Waals surface area contributed by atoms with Gasteiger partial charge in [-0.05, 0) is 35.0 Å². The summed E-state index contributed by atoms with van der Waals surface area (Å²) in [7, 11) is 0. The molecule has 1 aromatic rings. The second-order valence-corrected chi connectivity index (χ2v) is 7.49. The number of amides is 2. The number of rotatable bonds is 5. The second kappa shape index (κ2) is 8.83. The Kier molecular flexibility index (Phi) is 7.78. The standard InChI is InChI=1S/C13H18BrN3O3S.ClH/c1-7(17-13(20)10-2-3-11(14)21-10)12(19)16-5-8-4-15-6-9(8)18;/h2-3,7-9,15,18H,4-6H2,1H3,(H,16,19)(H,17,20);1H. The fourth-order valence-electron chi connectivity index (χ4n) is 2.08. The molecule has 2 rings (SSSR count). The van der Waals surface area contributed by atoms with Crippen molar-refractivity contribution >= 4 is 51.5 Å². The summed E-state index contributed by atoms with van der Waals surface area (Å²) in [6, 6.07) is 2.87. The van der Waals surface area contributed by atoms with E-state index < -0.39 is 12.1 Å². The molecular weight excluding hydrogens is 394 g/mol. The summed E-state index contributed by atoms with van der Waals surface area (Å²) in [6.07, 6.45) is -0.432. The molecule has 1 aromatic heterocycles. The van der Waals surface area contributed by atoms with Gasteiger partial charge in [0, 0.05) is 25.6 Å². The van der Waals surface area contributed by atoms with Crippen LogP contribution in [0.1, 0.15) is 16.6 Å². The largest absolute Gasteiger partial charge is 0.391 e. The molecule has 124 valence electrons. The fourth-order valence-corrected chi connectivity index (χ4v) is 3.37. The second-order valence-electron chi connectivity index (χ2n) is 5.03. The smallest absolute Gasteiger partial charge is 0.262 e. The van der Waals surface area contributed by atoms with Gasteiger partial charge in [0.05, 0.1) is 14.8 Å². The molecule has 9 heteroatoms. The van der Waals surface area contributed by atoms with E-state index in [4.69, 9.17) is 0 Å². The predicted molar refractivity (Wildman–Crippen MR) is 91.6 cm³/mol. The van der Waals surface area contributed by atoms with Crippen molar-refractivity contribution in [2.24, 2.45) is 5.92 Å². The van der Waals surface area contributed by atoms with Crippen LogP contribution in [0.2, 0.25) is 0 Å². The van der Waals surface area contributed by atoms with Crippen molar-refractivity contribution in [1.29, 1.82) is 0 Å². The SMILES string of the molecule is CC(NC(=O)c1ccc(Br)s1)C(=O)NCC1CNCC1O.Cl. The van der Waals surface area contributed by atoms with Crippen molar-refractivity contribution in [2.45, 2.75) is 19.1 Å². The van der Waals surface area contributed by atoms with Crippen LogP contribution in [-0.4, -0.2) is 48.7 Å². The van der Waals surface area contributed by atoms with Crippen molar-refractivity contribution < 1.29 is 14.7 Å². The summed E-state index contributed by atoms with van der Waals surface area (Å²) < 4.78 is 0.868. The Morgan fingerprint density at radius 3 is 2.77 bits per heavy atom. The molecule has 0 saturated carbocycles. The van der Waals surface area contributed by atoms with Crippen LogP contribution in [0.15, 0.2) is 15.9 Å². The van der Waals surface area contributed by atoms with E-state index >= 15 is 0 Å². The Bertz CT molecular complexity index is 528. The van der Waals surface area contributed by atoms with Crippen molar-refractivity contribution in [1.82, 2.24) is 16.0 Å². The van der Waals surface area contributed by atoms with Crippen LogP contribution in [0.4, 0.5) is 0 Å². The summed E-state index contributed by atoms with van der Waals surface area (Å²) in [4.78, 5) is 24.4. The highest BCUT2D eigenvalue weighted by Gasteiger charge is 2.26. The molecule has 2 heterocycles. The van der Waals surface area contributed by atoms with E-state index in [1.54, 1.807) is 19.1 Å². The summed E-state index contributed by atoms with van der Waals surface area (Å²) in [5, 5.41) is 18.1. The van der Waals surface area contributed by atoms with Gasteiger partial charge in [0.25, 0.3) is 5.91 Å². The van der Waals surface area contributed by atoms with E-state index in [0.29, 0.717) is 24.5 Å². The van der Waals surface area contributed by atoms with E-state index in [2.05, 4.69) is 31.9 Å². The van der Waals surface area contributed by atoms with E-state index in [9.17, 15) is 14.7 Å². The van der Waals surface area contributed by atoms with Crippen molar-refractivity contribution in [3.8, 4) is 0 Å². The molecule has 6 nitrogen and oxygen atoms in total. The number of aliphatic hydroxyl groups excluding tert-OH is 1. The quantitative estimate of drug-likeness (QED) is 0.574. The van der Waals surface area contributed by atoms with Gasteiger partial charge in [-0.15, -0.1) is 23.7 Å². The van der Waals surface area contributed by atoms with Crippen LogP contribution in [0.5, 0.6) is 0 Å². The maximum absolute atomic E-state index is 11.9. The Labute approximate surface area is 147 Å². The molecule has 0 spiro atoms. The Balaban J connectivity index is 0.00000242. The Hall–Kier alpha value is -0.670. The molecule has 2 amide bonds. The number of hydrogen-bond acceptors (Lipinski definition) is 5. The van der Waals surface area contributed by atoms with Gasteiger partial charge in [-0.25, -0.2) is 0 Å². The molecule has 0 aromatic carbocycles. The lowest BCUT2D eigenvalue weighted by molar-refractivity contribution is -0.122. The normalized spacial score (nSPS) is 21.8. The molecule has 1 saturated heterocycles. The molecular formula is C13H19BrClN3O3S. The Morgan fingerprint density at radius 1 is 1.50 bits per heavy atom. The molecule has 3 unspecified atom stereocenters. The zero-order valence-electron chi connectivity index (χ0n) is 12.0. The topological polar surface area (TPSA) is 90.5 Å². The van der Waals surface area contributed by atoms with Gasteiger partial charge in [-0.3, -0.25) is 9.59 Å². The third kappa shape index (κ3) is 5.20. The number of aliphatic hydroxyl groups is 1. The Morgan fingerprint density at radius 2 is 2.23 bits per heavy atom. The van der Waals surface area contributed by atoms with Crippen molar-refractivity contribution in [2.75, 3.05) is 19.6 Å².